The molecule has 5 heteroatoms. The average Bonchev–Trinajstić information content (AvgIpc) is 2.69. The number of ether oxygens (including phenoxy) is 1. The van der Waals surface area contributed by atoms with Gasteiger partial charge in [0.2, 0.25) is 0 Å². The molecular weight excluding hydrogens is 409 g/mol. The number of nitrogens with one attached hydrogen (secondary N) is 1. The van der Waals surface area contributed by atoms with Crippen molar-refractivity contribution in [2.45, 2.75) is 13.0 Å². The largest absolute Gasteiger partial charge is 0.496 e. The third kappa shape index (κ3) is 5.17. The highest BCUT2D eigenvalue weighted by molar-refractivity contribution is 9.10. The lowest BCUT2D eigenvalue weighted by Crippen LogP contribution is -2.23. The minimum absolute atomic E-state index is 0.198. The number of benzene rings is 3. The van der Waals surface area contributed by atoms with Crippen LogP contribution in [0.2, 0.25) is 0 Å². The van der Waals surface area contributed by atoms with Crippen molar-refractivity contribution in [2.75, 3.05) is 7.11 Å². The van der Waals surface area contributed by atoms with Gasteiger partial charge in [0, 0.05) is 11.0 Å². The molecule has 0 radical (unpaired) electrons. The van der Waals surface area contributed by atoms with E-state index in [1.54, 1.807) is 25.3 Å². The second-order valence-corrected chi connectivity index (χ2v) is 7.06. The van der Waals surface area contributed by atoms with E-state index in [0.29, 0.717) is 24.3 Å². The third-order valence-corrected chi connectivity index (χ3v) is 4.73. The van der Waals surface area contributed by atoms with E-state index in [1.807, 2.05) is 36.4 Å². The summed E-state index contributed by atoms with van der Waals surface area (Å²) in [5.41, 5.74) is 3.42. The summed E-state index contributed by atoms with van der Waals surface area (Å²) in [5, 5.41) is 2.92. The van der Waals surface area contributed by atoms with Crippen molar-refractivity contribution in [2.24, 2.45) is 0 Å². The van der Waals surface area contributed by atoms with Crippen molar-refractivity contribution in [1.82, 2.24) is 5.32 Å². The van der Waals surface area contributed by atoms with Crippen molar-refractivity contribution in [3.05, 3.63) is 99.3 Å². The van der Waals surface area contributed by atoms with Gasteiger partial charge < -0.3 is 10.1 Å². The van der Waals surface area contributed by atoms with Gasteiger partial charge in [0.25, 0.3) is 5.91 Å². The first-order valence-corrected chi connectivity index (χ1v) is 9.28. The second-order valence-electron chi connectivity index (χ2n) is 6.15. The molecule has 138 valence electrons. The highest BCUT2D eigenvalue weighted by atomic mass is 79.9. The van der Waals surface area contributed by atoms with Crippen molar-refractivity contribution < 1.29 is 13.9 Å². The lowest BCUT2D eigenvalue weighted by atomic mass is 10.0. The maximum Gasteiger partial charge on any atom is 0.255 e. The van der Waals surface area contributed by atoms with Gasteiger partial charge in [-0.3, -0.25) is 4.79 Å². The van der Waals surface area contributed by atoms with Crippen molar-refractivity contribution in [1.29, 1.82) is 0 Å². The molecule has 1 amide bonds. The highest BCUT2D eigenvalue weighted by Gasteiger charge is 2.13. The molecule has 1 N–H and O–H groups in total. The van der Waals surface area contributed by atoms with Gasteiger partial charge in [-0.1, -0.05) is 46.3 Å². The van der Waals surface area contributed by atoms with Gasteiger partial charge in [0.05, 0.1) is 12.7 Å². The van der Waals surface area contributed by atoms with Gasteiger partial charge in [-0.25, -0.2) is 4.39 Å². The summed E-state index contributed by atoms with van der Waals surface area (Å²) in [6.45, 7) is 0.428. The Kier molecular flexibility index (Phi) is 6.24. The molecule has 0 aliphatic rings. The molecule has 0 atom stereocenters. The van der Waals surface area contributed by atoms with Crippen LogP contribution in [0.5, 0.6) is 5.75 Å². The molecule has 3 nitrogen and oxygen atoms in total. The van der Waals surface area contributed by atoms with Crippen molar-refractivity contribution in [3.63, 3.8) is 0 Å². The number of halogens is 2. The Morgan fingerprint density at radius 3 is 2.26 bits per heavy atom. The standard InChI is InChI=1S/C22H19BrFNO2/c1-27-21-11-6-17(12-15-4-9-19(24)10-5-15)13-20(21)22(26)25-14-16-2-7-18(23)8-3-16/h2-11,13H,12,14H2,1H3,(H,25,26). The Hall–Kier alpha value is -2.66. The first-order valence-electron chi connectivity index (χ1n) is 8.49. The van der Waals surface area contributed by atoms with Gasteiger partial charge in [-0.15, -0.1) is 0 Å². The minimum Gasteiger partial charge on any atom is -0.496 e. The summed E-state index contributed by atoms with van der Waals surface area (Å²) in [7, 11) is 1.54. The molecule has 27 heavy (non-hydrogen) atoms. The maximum absolute atomic E-state index is 13.1. The Morgan fingerprint density at radius 2 is 1.59 bits per heavy atom. The van der Waals surface area contributed by atoms with Gasteiger partial charge in [0.1, 0.15) is 11.6 Å². The Labute approximate surface area is 166 Å². The van der Waals surface area contributed by atoms with Gasteiger partial charge in [-0.2, -0.15) is 0 Å². The lowest BCUT2D eigenvalue weighted by molar-refractivity contribution is 0.0947. The summed E-state index contributed by atoms with van der Waals surface area (Å²) in [4.78, 5) is 12.7. The van der Waals surface area contributed by atoms with Crippen LogP contribution < -0.4 is 10.1 Å². The molecule has 3 aromatic rings. The fourth-order valence-corrected chi connectivity index (χ4v) is 3.02. The zero-order valence-corrected chi connectivity index (χ0v) is 16.4. The topological polar surface area (TPSA) is 38.3 Å². The van der Waals surface area contributed by atoms with Crippen molar-refractivity contribution >= 4 is 21.8 Å². The summed E-state index contributed by atoms with van der Waals surface area (Å²) >= 11 is 3.40. The van der Waals surface area contributed by atoms with Gasteiger partial charge >= 0.3 is 0 Å². The molecule has 0 saturated carbocycles. The molecule has 0 aliphatic heterocycles. The molecule has 0 aromatic heterocycles. The molecule has 0 heterocycles. The number of carbonyl (C=O) groups is 1. The average molecular weight is 428 g/mol. The van der Waals surface area contributed by atoms with Crippen LogP contribution in [0.15, 0.2) is 71.2 Å². The Morgan fingerprint density at radius 1 is 0.963 bits per heavy atom. The van der Waals surface area contributed by atoms with Crippen molar-refractivity contribution in [3.8, 4) is 5.75 Å². The molecular formula is C22H19BrFNO2. The zero-order valence-electron chi connectivity index (χ0n) is 14.8. The quantitative estimate of drug-likeness (QED) is 0.592. The van der Waals surface area contributed by atoms with Crippen LogP contribution in [0, 0.1) is 5.82 Å². The van der Waals surface area contributed by atoms with Crippen LogP contribution in [0.3, 0.4) is 0 Å². The maximum atomic E-state index is 13.1. The van der Waals surface area contributed by atoms with Crippen LogP contribution in [-0.4, -0.2) is 13.0 Å². The number of methoxy groups -OCH3 is 1. The highest BCUT2D eigenvalue weighted by Crippen LogP contribution is 2.22. The number of carbonyl (C=O) groups excluding carboxylic acids is 1. The predicted molar refractivity (Wildman–Crippen MR) is 108 cm³/mol. The van der Waals surface area contributed by atoms with E-state index in [1.165, 1.54) is 12.1 Å². The minimum atomic E-state index is -0.263. The molecule has 0 bridgehead atoms. The number of amides is 1. The van der Waals surface area contributed by atoms with Crippen LogP contribution >= 0.6 is 15.9 Å². The molecule has 0 unspecified atom stereocenters. The SMILES string of the molecule is COc1ccc(Cc2ccc(F)cc2)cc1C(=O)NCc1ccc(Br)cc1. The smallest absolute Gasteiger partial charge is 0.255 e. The van der Waals surface area contributed by atoms with E-state index < -0.39 is 0 Å². The summed E-state index contributed by atoms with van der Waals surface area (Å²) in [6.07, 6.45) is 0.608. The summed E-state index contributed by atoms with van der Waals surface area (Å²) in [5.74, 6) is 0.0587. The fourth-order valence-electron chi connectivity index (χ4n) is 2.76. The van der Waals surface area contributed by atoms with Gasteiger partial charge in [0.15, 0.2) is 0 Å². The molecule has 0 aliphatic carbocycles. The monoisotopic (exact) mass is 427 g/mol. The number of rotatable bonds is 6. The predicted octanol–water partition coefficient (Wildman–Crippen LogP) is 5.12. The van der Waals surface area contributed by atoms with Crippen LogP contribution in [-0.2, 0) is 13.0 Å². The summed E-state index contributed by atoms with van der Waals surface area (Å²) in [6, 6.07) is 19.6. The van der Waals surface area contributed by atoms with E-state index in [2.05, 4.69) is 21.2 Å². The lowest BCUT2D eigenvalue weighted by Gasteiger charge is -2.12. The van der Waals surface area contributed by atoms with Crippen LogP contribution in [0.4, 0.5) is 4.39 Å². The Balaban J connectivity index is 1.74. The van der Waals surface area contributed by atoms with E-state index in [9.17, 15) is 9.18 Å². The fraction of sp³-hybridized carbons (Fsp3) is 0.136. The number of hydrogen-bond acceptors (Lipinski definition) is 2. The van der Waals surface area contributed by atoms with Crippen LogP contribution in [0.25, 0.3) is 0 Å². The molecule has 0 spiro atoms. The van der Waals surface area contributed by atoms with E-state index in [0.717, 1.165) is 21.2 Å². The molecule has 3 rings (SSSR count). The van der Waals surface area contributed by atoms with Crippen LogP contribution in [0.1, 0.15) is 27.0 Å². The first kappa shape index (κ1) is 19.1. The molecule has 3 aromatic carbocycles. The Bertz CT molecular complexity index is 924. The first-order chi connectivity index (χ1) is 13.0. The number of hydrogen-bond donors (Lipinski definition) is 1. The zero-order chi connectivity index (χ0) is 19.2. The van der Waals surface area contributed by atoms with E-state index in [-0.39, 0.29) is 11.7 Å². The normalized spacial score (nSPS) is 10.5. The molecule has 0 fully saturated rings. The summed E-state index contributed by atoms with van der Waals surface area (Å²) < 4.78 is 19.4. The molecule has 0 saturated heterocycles. The van der Waals surface area contributed by atoms with E-state index >= 15 is 0 Å². The third-order valence-electron chi connectivity index (χ3n) is 4.20. The second kappa shape index (κ2) is 8.82. The van der Waals surface area contributed by atoms with E-state index in [4.69, 9.17) is 4.74 Å². The van der Waals surface area contributed by atoms with Gasteiger partial charge in [-0.05, 0) is 59.5 Å².